The molecule has 0 radical (unpaired) electrons. The SMILES string of the molecule is COc1ccc(Br)c(C(C)CC(=O)O)c1. The van der Waals surface area contributed by atoms with Crippen LogP contribution in [0.5, 0.6) is 5.75 Å². The van der Waals surface area contributed by atoms with Crippen molar-refractivity contribution in [2.45, 2.75) is 19.3 Å². The lowest BCUT2D eigenvalue weighted by Crippen LogP contribution is -2.03. The fourth-order valence-corrected chi connectivity index (χ4v) is 2.04. The molecule has 0 bridgehead atoms. The minimum Gasteiger partial charge on any atom is -0.497 e. The first-order chi connectivity index (χ1) is 7.04. The number of hydrogen-bond donors (Lipinski definition) is 1. The van der Waals surface area contributed by atoms with Crippen LogP contribution >= 0.6 is 15.9 Å². The molecule has 3 nitrogen and oxygen atoms in total. The summed E-state index contributed by atoms with van der Waals surface area (Å²) in [4.78, 5) is 10.6. The summed E-state index contributed by atoms with van der Waals surface area (Å²) in [7, 11) is 1.59. The summed E-state index contributed by atoms with van der Waals surface area (Å²) < 4.78 is 6.01. The van der Waals surface area contributed by atoms with Crippen molar-refractivity contribution >= 4 is 21.9 Å². The second-order valence-electron chi connectivity index (χ2n) is 3.39. The molecule has 1 aromatic rings. The lowest BCUT2D eigenvalue weighted by atomic mass is 9.98. The fraction of sp³-hybridized carbons (Fsp3) is 0.364. The van der Waals surface area contributed by atoms with Gasteiger partial charge in [0.05, 0.1) is 13.5 Å². The Hall–Kier alpha value is -1.03. The van der Waals surface area contributed by atoms with E-state index in [9.17, 15) is 4.79 Å². The van der Waals surface area contributed by atoms with Crippen molar-refractivity contribution in [2.75, 3.05) is 7.11 Å². The van der Waals surface area contributed by atoms with Crippen LogP contribution in [0.1, 0.15) is 24.8 Å². The van der Waals surface area contributed by atoms with Crippen molar-refractivity contribution in [1.29, 1.82) is 0 Å². The standard InChI is InChI=1S/C11H13BrO3/c1-7(5-11(13)14)9-6-8(15-2)3-4-10(9)12/h3-4,6-7H,5H2,1-2H3,(H,13,14). The Morgan fingerprint density at radius 1 is 1.60 bits per heavy atom. The highest BCUT2D eigenvalue weighted by atomic mass is 79.9. The Balaban J connectivity index is 2.95. The van der Waals surface area contributed by atoms with E-state index < -0.39 is 5.97 Å². The van der Waals surface area contributed by atoms with Gasteiger partial charge in [0.15, 0.2) is 0 Å². The van der Waals surface area contributed by atoms with Crippen molar-refractivity contribution in [3.8, 4) is 5.75 Å². The van der Waals surface area contributed by atoms with E-state index in [-0.39, 0.29) is 12.3 Å². The monoisotopic (exact) mass is 272 g/mol. The minimum atomic E-state index is -0.794. The fourth-order valence-electron chi connectivity index (χ4n) is 1.40. The molecule has 1 rings (SSSR count). The summed E-state index contributed by atoms with van der Waals surface area (Å²) in [5.41, 5.74) is 0.955. The number of carboxylic acid groups (broad SMARTS) is 1. The van der Waals surface area contributed by atoms with E-state index in [2.05, 4.69) is 15.9 Å². The Labute approximate surface area is 97.2 Å². The molecule has 1 aromatic carbocycles. The van der Waals surface area contributed by atoms with Crippen LogP contribution in [0.15, 0.2) is 22.7 Å². The smallest absolute Gasteiger partial charge is 0.303 e. The van der Waals surface area contributed by atoms with Crippen LogP contribution in [-0.2, 0) is 4.79 Å². The molecule has 0 aliphatic heterocycles. The molecule has 0 spiro atoms. The number of benzene rings is 1. The average molecular weight is 273 g/mol. The van der Waals surface area contributed by atoms with Gasteiger partial charge >= 0.3 is 5.97 Å². The first-order valence-corrected chi connectivity index (χ1v) is 5.39. The van der Waals surface area contributed by atoms with Crippen LogP contribution in [0, 0.1) is 0 Å². The molecule has 82 valence electrons. The highest BCUT2D eigenvalue weighted by molar-refractivity contribution is 9.10. The first kappa shape index (κ1) is 12.0. The average Bonchev–Trinajstić information content (AvgIpc) is 2.17. The largest absolute Gasteiger partial charge is 0.497 e. The zero-order chi connectivity index (χ0) is 11.4. The predicted molar refractivity (Wildman–Crippen MR) is 61.4 cm³/mol. The van der Waals surface area contributed by atoms with E-state index >= 15 is 0 Å². The predicted octanol–water partition coefficient (Wildman–Crippen LogP) is 3.04. The number of ether oxygens (including phenoxy) is 1. The maximum atomic E-state index is 10.6. The summed E-state index contributed by atoms with van der Waals surface area (Å²) in [5.74, 6) is -0.0883. The molecular weight excluding hydrogens is 260 g/mol. The number of methoxy groups -OCH3 is 1. The second kappa shape index (κ2) is 5.16. The molecule has 0 saturated carbocycles. The van der Waals surface area contributed by atoms with E-state index in [0.717, 1.165) is 15.8 Å². The van der Waals surface area contributed by atoms with Crippen LogP contribution in [0.4, 0.5) is 0 Å². The molecule has 0 heterocycles. The molecule has 1 atom stereocenters. The lowest BCUT2D eigenvalue weighted by molar-refractivity contribution is -0.137. The van der Waals surface area contributed by atoms with E-state index in [0.29, 0.717) is 0 Å². The van der Waals surface area contributed by atoms with Crippen molar-refractivity contribution < 1.29 is 14.6 Å². The summed E-state index contributed by atoms with van der Waals surface area (Å²) in [6.45, 7) is 1.88. The third kappa shape index (κ3) is 3.23. The van der Waals surface area contributed by atoms with Gasteiger partial charge < -0.3 is 9.84 Å². The quantitative estimate of drug-likeness (QED) is 0.917. The summed E-state index contributed by atoms with van der Waals surface area (Å²) in [5, 5.41) is 8.72. The maximum Gasteiger partial charge on any atom is 0.303 e. The number of hydrogen-bond acceptors (Lipinski definition) is 2. The van der Waals surface area contributed by atoms with Gasteiger partial charge in [-0.15, -0.1) is 0 Å². The zero-order valence-electron chi connectivity index (χ0n) is 8.66. The highest BCUT2D eigenvalue weighted by Gasteiger charge is 2.13. The number of carboxylic acids is 1. The van der Waals surface area contributed by atoms with Crippen molar-refractivity contribution in [3.63, 3.8) is 0 Å². The minimum absolute atomic E-state index is 0.0352. The molecule has 0 amide bonds. The highest BCUT2D eigenvalue weighted by Crippen LogP contribution is 2.30. The summed E-state index contributed by atoms with van der Waals surface area (Å²) >= 11 is 3.40. The third-order valence-electron chi connectivity index (χ3n) is 2.21. The number of halogens is 1. The Bertz CT molecular complexity index is 363. The van der Waals surface area contributed by atoms with Gasteiger partial charge in [-0.05, 0) is 29.7 Å². The van der Waals surface area contributed by atoms with Crippen LogP contribution in [-0.4, -0.2) is 18.2 Å². The topological polar surface area (TPSA) is 46.5 Å². The van der Waals surface area contributed by atoms with E-state index in [1.807, 2.05) is 25.1 Å². The molecule has 4 heteroatoms. The molecule has 0 aliphatic rings. The van der Waals surface area contributed by atoms with Crippen LogP contribution in [0.2, 0.25) is 0 Å². The second-order valence-corrected chi connectivity index (χ2v) is 4.24. The van der Waals surface area contributed by atoms with Gasteiger partial charge in [0, 0.05) is 4.47 Å². The lowest BCUT2D eigenvalue weighted by Gasteiger charge is -2.12. The Morgan fingerprint density at radius 3 is 2.80 bits per heavy atom. The molecule has 0 fully saturated rings. The van der Waals surface area contributed by atoms with Crippen LogP contribution in [0.3, 0.4) is 0 Å². The number of aliphatic carboxylic acids is 1. The maximum absolute atomic E-state index is 10.6. The van der Waals surface area contributed by atoms with Gasteiger partial charge in [0.25, 0.3) is 0 Å². The van der Waals surface area contributed by atoms with E-state index in [4.69, 9.17) is 9.84 Å². The van der Waals surface area contributed by atoms with E-state index in [1.54, 1.807) is 7.11 Å². The molecular formula is C11H13BrO3. The van der Waals surface area contributed by atoms with Crippen molar-refractivity contribution in [2.24, 2.45) is 0 Å². The van der Waals surface area contributed by atoms with Gasteiger partial charge in [-0.25, -0.2) is 0 Å². The first-order valence-electron chi connectivity index (χ1n) is 4.59. The van der Waals surface area contributed by atoms with Crippen molar-refractivity contribution in [3.05, 3.63) is 28.2 Å². The van der Waals surface area contributed by atoms with Gasteiger partial charge in [0.2, 0.25) is 0 Å². The molecule has 15 heavy (non-hydrogen) atoms. The molecule has 1 N–H and O–H groups in total. The van der Waals surface area contributed by atoms with Gasteiger partial charge in [0.1, 0.15) is 5.75 Å². The van der Waals surface area contributed by atoms with Gasteiger partial charge in [-0.2, -0.15) is 0 Å². The Kier molecular flexibility index (Phi) is 4.15. The van der Waals surface area contributed by atoms with Crippen LogP contribution in [0.25, 0.3) is 0 Å². The number of carbonyl (C=O) groups is 1. The third-order valence-corrected chi connectivity index (χ3v) is 2.94. The zero-order valence-corrected chi connectivity index (χ0v) is 10.2. The van der Waals surface area contributed by atoms with Crippen LogP contribution < -0.4 is 4.74 Å². The van der Waals surface area contributed by atoms with Gasteiger partial charge in [-0.3, -0.25) is 4.79 Å². The number of rotatable bonds is 4. The normalized spacial score (nSPS) is 12.2. The molecule has 0 saturated heterocycles. The van der Waals surface area contributed by atoms with E-state index in [1.165, 1.54) is 0 Å². The van der Waals surface area contributed by atoms with Crippen molar-refractivity contribution in [1.82, 2.24) is 0 Å². The molecule has 0 aromatic heterocycles. The molecule has 1 unspecified atom stereocenters. The van der Waals surface area contributed by atoms with Gasteiger partial charge in [-0.1, -0.05) is 22.9 Å². The molecule has 0 aliphatic carbocycles. The Morgan fingerprint density at radius 2 is 2.27 bits per heavy atom. The summed E-state index contributed by atoms with van der Waals surface area (Å²) in [6, 6.07) is 5.56. The summed E-state index contributed by atoms with van der Waals surface area (Å²) in [6.07, 6.45) is 0.117.